The highest BCUT2D eigenvalue weighted by Crippen LogP contribution is 2.28. The summed E-state index contributed by atoms with van der Waals surface area (Å²) in [6, 6.07) is 13.2. The van der Waals surface area contributed by atoms with E-state index in [1.165, 1.54) is 0 Å². The first-order valence-corrected chi connectivity index (χ1v) is 8.33. The Labute approximate surface area is 142 Å². The monoisotopic (exact) mass is 322 g/mol. The number of carbonyl (C=O) groups is 2. The Morgan fingerprint density at radius 3 is 2.67 bits per heavy atom. The lowest BCUT2D eigenvalue weighted by molar-refractivity contribution is -0.119. The van der Waals surface area contributed by atoms with Crippen LogP contribution in [0.3, 0.4) is 0 Å². The standard InChI is InChI=1S/C20H22N2O2/c1-14-6-5-7-16(12-14)20(24)21-17-10-9-15(2)18(13-17)22-11-4-3-8-19(22)23/h5-7,9-10,12-13H,3-4,8,11H2,1-2H3,(H,21,24). The van der Waals surface area contributed by atoms with Crippen LogP contribution in [-0.2, 0) is 4.79 Å². The van der Waals surface area contributed by atoms with Crippen LogP contribution in [0.5, 0.6) is 0 Å². The highest BCUT2D eigenvalue weighted by atomic mass is 16.2. The number of rotatable bonds is 3. The van der Waals surface area contributed by atoms with Crippen molar-refractivity contribution in [1.82, 2.24) is 0 Å². The molecule has 24 heavy (non-hydrogen) atoms. The Balaban J connectivity index is 1.83. The van der Waals surface area contributed by atoms with Gasteiger partial charge in [0.1, 0.15) is 0 Å². The smallest absolute Gasteiger partial charge is 0.255 e. The van der Waals surface area contributed by atoms with Gasteiger partial charge in [-0.3, -0.25) is 9.59 Å². The molecule has 1 saturated heterocycles. The molecule has 1 aliphatic rings. The number of nitrogens with zero attached hydrogens (tertiary/aromatic N) is 1. The summed E-state index contributed by atoms with van der Waals surface area (Å²) in [7, 11) is 0. The van der Waals surface area contributed by atoms with Crippen LogP contribution in [0.4, 0.5) is 11.4 Å². The van der Waals surface area contributed by atoms with Gasteiger partial charge in [-0.15, -0.1) is 0 Å². The van der Waals surface area contributed by atoms with E-state index in [-0.39, 0.29) is 11.8 Å². The molecular weight excluding hydrogens is 300 g/mol. The molecule has 1 heterocycles. The van der Waals surface area contributed by atoms with Crippen molar-refractivity contribution in [3.05, 3.63) is 59.2 Å². The second-order valence-corrected chi connectivity index (χ2v) is 6.33. The van der Waals surface area contributed by atoms with E-state index < -0.39 is 0 Å². The number of carbonyl (C=O) groups excluding carboxylic acids is 2. The van der Waals surface area contributed by atoms with Crippen LogP contribution in [-0.4, -0.2) is 18.4 Å². The number of hydrogen-bond acceptors (Lipinski definition) is 2. The Morgan fingerprint density at radius 1 is 1.08 bits per heavy atom. The molecular formula is C20H22N2O2. The summed E-state index contributed by atoms with van der Waals surface area (Å²) in [6.07, 6.45) is 2.57. The number of anilines is 2. The Bertz CT molecular complexity index is 783. The molecule has 3 rings (SSSR count). The van der Waals surface area contributed by atoms with Gasteiger partial charge in [-0.05, 0) is 56.5 Å². The topological polar surface area (TPSA) is 49.4 Å². The van der Waals surface area contributed by atoms with E-state index in [0.29, 0.717) is 17.7 Å². The lowest BCUT2D eigenvalue weighted by Crippen LogP contribution is -2.35. The van der Waals surface area contributed by atoms with Crippen molar-refractivity contribution >= 4 is 23.2 Å². The second kappa shape index (κ2) is 6.87. The largest absolute Gasteiger partial charge is 0.322 e. The van der Waals surface area contributed by atoms with Crippen molar-refractivity contribution in [1.29, 1.82) is 0 Å². The van der Waals surface area contributed by atoms with Gasteiger partial charge in [0.25, 0.3) is 5.91 Å². The normalized spacial score (nSPS) is 14.6. The zero-order valence-electron chi connectivity index (χ0n) is 14.1. The molecule has 0 bridgehead atoms. The highest BCUT2D eigenvalue weighted by molar-refractivity contribution is 6.05. The van der Waals surface area contributed by atoms with Gasteiger partial charge in [-0.1, -0.05) is 23.8 Å². The van der Waals surface area contributed by atoms with E-state index in [0.717, 1.165) is 36.2 Å². The molecule has 0 saturated carbocycles. The number of amides is 2. The summed E-state index contributed by atoms with van der Waals surface area (Å²) in [6.45, 7) is 4.70. The second-order valence-electron chi connectivity index (χ2n) is 6.33. The van der Waals surface area contributed by atoms with Gasteiger partial charge in [0.05, 0.1) is 0 Å². The van der Waals surface area contributed by atoms with Crippen LogP contribution in [0.1, 0.15) is 40.7 Å². The molecule has 4 nitrogen and oxygen atoms in total. The molecule has 0 atom stereocenters. The summed E-state index contributed by atoms with van der Waals surface area (Å²) in [5.41, 5.74) is 4.32. The molecule has 2 amide bonds. The molecule has 0 unspecified atom stereocenters. The van der Waals surface area contributed by atoms with Gasteiger partial charge >= 0.3 is 0 Å². The van der Waals surface area contributed by atoms with E-state index in [4.69, 9.17) is 0 Å². The van der Waals surface area contributed by atoms with Crippen LogP contribution in [0, 0.1) is 13.8 Å². The predicted molar refractivity (Wildman–Crippen MR) is 96.5 cm³/mol. The lowest BCUT2D eigenvalue weighted by atomic mass is 10.1. The van der Waals surface area contributed by atoms with Crippen molar-refractivity contribution in [3.63, 3.8) is 0 Å². The molecule has 0 aliphatic carbocycles. The Kier molecular flexibility index (Phi) is 4.65. The Morgan fingerprint density at radius 2 is 1.92 bits per heavy atom. The fourth-order valence-corrected chi connectivity index (χ4v) is 3.03. The molecule has 124 valence electrons. The third-order valence-corrected chi connectivity index (χ3v) is 4.36. The van der Waals surface area contributed by atoms with Gasteiger partial charge in [0, 0.05) is 29.9 Å². The lowest BCUT2D eigenvalue weighted by Gasteiger charge is -2.28. The maximum atomic E-state index is 12.4. The number of aryl methyl sites for hydroxylation is 2. The van der Waals surface area contributed by atoms with E-state index in [2.05, 4.69) is 5.32 Å². The molecule has 0 aromatic heterocycles. The first-order valence-electron chi connectivity index (χ1n) is 8.33. The summed E-state index contributed by atoms with van der Waals surface area (Å²) >= 11 is 0. The van der Waals surface area contributed by atoms with Crippen molar-refractivity contribution in [3.8, 4) is 0 Å². The molecule has 1 N–H and O–H groups in total. The zero-order chi connectivity index (χ0) is 17.1. The third kappa shape index (κ3) is 3.48. The van der Waals surface area contributed by atoms with Crippen LogP contribution in [0.25, 0.3) is 0 Å². The average molecular weight is 322 g/mol. The molecule has 4 heteroatoms. The van der Waals surface area contributed by atoms with Gasteiger partial charge < -0.3 is 10.2 Å². The minimum absolute atomic E-state index is 0.140. The van der Waals surface area contributed by atoms with E-state index in [9.17, 15) is 9.59 Å². The van der Waals surface area contributed by atoms with Gasteiger partial charge in [-0.2, -0.15) is 0 Å². The van der Waals surface area contributed by atoms with Crippen molar-refractivity contribution < 1.29 is 9.59 Å². The predicted octanol–water partition coefficient (Wildman–Crippen LogP) is 4.07. The van der Waals surface area contributed by atoms with Gasteiger partial charge in [0.2, 0.25) is 5.91 Å². The molecule has 2 aromatic carbocycles. The van der Waals surface area contributed by atoms with Gasteiger partial charge in [-0.25, -0.2) is 0 Å². The summed E-state index contributed by atoms with van der Waals surface area (Å²) in [5.74, 6) is 0.0185. The fourth-order valence-electron chi connectivity index (χ4n) is 3.03. The third-order valence-electron chi connectivity index (χ3n) is 4.36. The van der Waals surface area contributed by atoms with Crippen LogP contribution in [0.15, 0.2) is 42.5 Å². The molecule has 2 aromatic rings. The zero-order valence-corrected chi connectivity index (χ0v) is 14.1. The van der Waals surface area contributed by atoms with Crippen molar-refractivity contribution in [2.24, 2.45) is 0 Å². The molecule has 1 aliphatic heterocycles. The first-order chi connectivity index (χ1) is 11.5. The minimum atomic E-state index is -0.140. The molecule has 0 spiro atoms. The van der Waals surface area contributed by atoms with E-state index in [1.54, 1.807) is 6.07 Å². The van der Waals surface area contributed by atoms with Crippen molar-refractivity contribution in [2.45, 2.75) is 33.1 Å². The number of benzene rings is 2. The fraction of sp³-hybridized carbons (Fsp3) is 0.300. The van der Waals surface area contributed by atoms with E-state index >= 15 is 0 Å². The maximum Gasteiger partial charge on any atom is 0.255 e. The quantitative estimate of drug-likeness (QED) is 0.926. The average Bonchev–Trinajstić information content (AvgIpc) is 2.57. The minimum Gasteiger partial charge on any atom is -0.322 e. The van der Waals surface area contributed by atoms with Crippen LogP contribution >= 0.6 is 0 Å². The van der Waals surface area contributed by atoms with E-state index in [1.807, 2.05) is 55.1 Å². The van der Waals surface area contributed by atoms with Crippen LogP contribution < -0.4 is 10.2 Å². The van der Waals surface area contributed by atoms with Gasteiger partial charge in [0.15, 0.2) is 0 Å². The number of piperidine rings is 1. The van der Waals surface area contributed by atoms with Crippen molar-refractivity contribution in [2.75, 3.05) is 16.8 Å². The maximum absolute atomic E-state index is 12.4. The number of hydrogen-bond donors (Lipinski definition) is 1. The molecule has 0 radical (unpaired) electrons. The van der Waals surface area contributed by atoms with Crippen LogP contribution in [0.2, 0.25) is 0 Å². The summed E-state index contributed by atoms with van der Waals surface area (Å²) < 4.78 is 0. The number of nitrogens with one attached hydrogen (secondary N) is 1. The SMILES string of the molecule is Cc1cccc(C(=O)Nc2ccc(C)c(N3CCCCC3=O)c2)c1. The molecule has 1 fully saturated rings. The summed E-state index contributed by atoms with van der Waals surface area (Å²) in [4.78, 5) is 26.4. The summed E-state index contributed by atoms with van der Waals surface area (Å²) in [5, 5.41) is 2.93. The highest BCUT2D eigenvalue weighted by Gasteiger charge is 2.21. The Hall–Kier alpha value is -2.62. The first kappa shape index (κ1) is 16.2.